The van der Waals surface area contributed by atoms with Crippen LogP contribution in [-0.4, -0.2) is 18.3 Å². The number of aliphatic hydroxyl groups is 1. The Kier molecular flexibility index (Phi) is 4.90. The van der Waals surface area contributed by atoms with Crippen LogP contribution in [0, 0.1) is 11.7 Å². The number of halogens is 1. The van der Waals surface area contributed by atoms with Gasteiger partial charge in [0, 0.05) is 11.6 Å². The number of aliphatic hydroxyl groups excluding tert-OH is 1. The molecule has 0 saturated carbocycles. The molecule has 96 valence electrons. The summed E-state index contributed by atoms with van der Waals surface area (Å²) in [5.74, 6) is 0.314. The number of rotatable bonds is 5. The monoisotopic (exact) mass is 241 g/mol. The Morgan fingerprint density at radius 2 is 2.06 bits per heavy atom. The lowest BCUT2D eigenvalue weighted by molar-refractivity contribution is 0.119. The van der Waals surface area contributed by atoms with Gasteiger partial charge in [0.05, 0.1) is 19.3 Å². The van der Waals surface area contributed by atoms with Crippen molar-refractivity contribution in [3.05, 3.63) is 29.6 Å². The average Bonchev–Trinajstić information content (AvgIpc) is 2.27. The van der Waals surface area contributed by atoms with E-state index in [2.05, 4.69) is 0 Å². The third kappa shape index (κ3) is 3.68. The van der Waals surface area contributed by atoms with Crippen LogP contribution in [0.1, 0.15) is 31.9 Å². The summed E-state index contributed by atoms with van der Waals surface area (Å²) in [5.41, 5.74) is 6.17. The highest BCUT2D eigenvalue weighted by molar-refractivity contribution is 5.31. The highest BCUT2D eigenvalue weighted by Crippen LogP contribution is 2.24. The van der Waals surface area contributed by atoms with Crippen molar-refractivity contribution in [2.75, 3.05) is 7.11 Å². The lowest BCUT2D eigenvalue weighted by Crippen LogP contribution is -2.28. The maximum Gasteiger partial charge on any atom is 0.131 e. The molecular formula is C13H20FNO2. The average molecular weight is 241 g/mol. The Hall–Kier alpha value is -1.13. The highest BCUT2D eigenvalue weighted by atomic mass is 19.1. The molecule has 0 aliphatic heterocycles. The minimum absolute atomic E-state index is 0.317. The normalized spacial score (nSPS) is 14.8. The Morgan fingerprint density at radius 3 is 2.53 bits per heavy atom. The maximum absolute atomic E-state index is 13.7. The van der Waals surface area contributed by atoms with Gasteiger partial charge >= 0.3 is 0 Å². The van der Waals surface area contributed by atoms with Crippen LogP contribution >= 0.6 is 0 Å². The van der Waals surface area contributed by atoms with Crippen molar-refractivity contribution in [1.29, 1.82) is 0 Å². The van der Waals surface area contributed by atoms with Gasteiger partial charge < -0.3 is 15.6 Å². The summed E-state index contributed by atoms with van der Waals surface area (Å²) >= 11 is 0. The molecule has 4 heteroatoms. The van der Waals surface area contributed by atoms with Crippen LogP contribution in [0.2, 0.25) is 0 Å². The molecule has 0 saturated heterocycles. The maximum atomic E-state index is 13.7. The van der Waals surface area contributed by atoms with E-state index in [9.17, 15) is 9.50 Å². The summed E-state index contributed by atoms with van der Waals surface area (Å²) in [6.07, 6.45) is -0.190. The smallest absolute Gasteiger partial charge is 0.131 e. The predicted octanol–water partition coefficient (Wildman–Crippen LogP) is 2.24. The Labute approximate surface area is 101 Å². The minimum Gasteiger partial charge on any atom is -0.497 e. The number of ether oxygens (including phenoxy) is 1. The van der Waals surface area contributed by atoms with Crippen LogP contribution in [0.15, 0.2) is 18.2 Å². The second-order valence-corrected chi connectivity index (χ2v) is 4.61. The third-order valence-electron chi connectivity index (χ3n) is 2.69. The first-order chi connectivity index (χ1) is 7.95. The van der Waals surface area contributed by atoms with Crippen molar-refractivity contribution < 1.29 is 14.2 Å². The Balaban J connectivity index is 2.84. The zero-order valence-electron chi connectivity index (χ0n) is 10.5. The number of methoxy groups -OCH3 is 1. The molecule has 1 rings (SSSR count). The summed E-state index contributed by atoms with van der Waals surface area (Å²) in [6, 6.07) is 3.77. The molecule has 1 aromatic carbocycles. The van der Waals surface area contributed by atoms with E-state index < -0.39 is 18.0 Å². The van der Waals surface area contributed by atoms with E-state index in [4.69, 9.17) is 10.5 Å². The van der Waals surface area contributed by atoms with Crippen molar-refractivity contribution in [2.24, 2.45) is 11.7 Å². The van der Waals surface area contributed by atoms with Gasteiger partial charge in [0.15, 0.2) is 0 Å². The standard InChI is InChI=1S/C13H20FNO2/c1-8(2)6-12(16)13(15)10-5-4-9(17-3)7-11(10)14/h4-5,7-8,12-13,16H,6,15H2,1-3H3/t12-,13+/m1/s1. The van der Waals surface area contributed by atoms with Gasteiger partial charge in [0.1, 0.15) is 11.6 Å². The molecule has 0 spiro atoms. The van der Waals surface area contributed by atoms with E-state index in [-0.39, 0.29) is 0 Å². The molecule has 0 unspecified atom stereocenters. The SMILES string of the molecule is COc1ccc([C@H](N)[C@H](O)CC(C)C)c(F)c1. The minimum atomic E-state index is -0.738. The molecule has 1 aromatic rings. The molecule has 0 radical (unpaired) electrons. The van der Waals surface area contributed by atoms with Gasteiger partial charge in [-0.3, -0.25) is 0 Å². The fourth-order valence-corrected chi connectivity index (χ4v) is 1.74. The first kappa shape index (κ1) is 13.9. The van der Waals surface area contributed by atoms with Gasteiger partial charge in [-0.2, -0.15) is 0 Å². The lowest BCUT2D eigenvalue weighted by atomic mass is 9.95. The summed E-state index contributed by atoms with van der Waals surface area (Å²) < 4.78 is 18.6. The number of hydrogen-bond acceptors (Lipinski definition) is 3. The molecule has 3 N–H and O–H groups in total. The molecule has 2 atom stereocenters. The Bertz CT molecular complexity index is 368. The quantitative estimate of drug-likeness (QED) is 0.831. The van der Waals surface area contributed by atoms with Crippen molar-refractivity contribution in [1.82, 2.24) is 0 Å². The third-order valence-corrected chi connectivity index (χ3v) is 2.69. The zero-order chi connectivity index (χ0) is 13.0. The van der Waals surface area contributed by atoms with Crippen LogP contribution in [0.3, 0.4) is 0 Å². The first-order valence-corrected chi connectivity index (χ1v) is 5.72. The van der Waals surface area contributed by atoms with E-state index >= 15 is 0 Å². The molecule has 3 nitrogen and oxygen atoms in total. The van der Waals surface area contributed by atoms with Crippen molar-refractivity contribution in [2.45, 2.75) is 32.4 Å². The summed E-state index contributed by atoms with van der Waals surface area (Å²) in [4.78, 5) is 0. The van der Waals surface area contributed by atoms with E-state index in [0.717, 1.165) is 0 Å². The molecule has 17 heavy (non-hydrogen) atoms. The van der Waals surface area contributed by atoms with E-state index in [1.807, 2.05) is 13.8 Å². The van der Waals surface area contributed by atoms with Crippen molar-refractivity contribution >= 4 is 0 Å². The summed E-state index contributed by atoms with van der Waals surface area (Å²) in [7, 11) is 1.47. The zero-order valence-corrected chi connectivity index (χ0v) is 10.5. The summed E-state index contributed by atoms with van der Waals surface area (Å²) in [5, 5.41) is 9.87. The first-order valence-electron chi connectivity index (χ1n) is 5.72. The summed E-state index contributed by atoms with van der Waals surface area (Å²) in [6.45, 7) is 3.97. The van der Waals surface area contributed by atoms with Gasteiger partial charge in [-0.15, -0.1) is 0 Å². The van der Waals surface area contributed by atoms with Crippen LogP contribution in [0.5, 0.6) is 5.75 Å². The molecule has 0 fully saturated rings. The van der Waals surface area contributed by atoms with Crippen molar-refractivity contribution in [3.8, 4) is 5.75 Å². The molecule has 0 heterocycles. The van der Waals surface area contributed by atoms with E-state index in [1.165, 1.54) is 13.2 Å². The van der Waals surface area contributed by atoms with Crippen molar-refractivity contribution in [3.63, 3.8) is 0 Å². The van der Waals surface area contributed by atoms with E-state index in [0.29, 0.717) is 23.7 Å². The number of nitrogens with two attached hydrogens (primary N) is 1. The molecule has 0 aliphatic carbocycles. The van der Waals surface area contributed by atoms with Gasteiger partial charge in [0.2, 0.25) is 0 Å². The largest absolute Gasteiger partial charge is 0.497 e. The fourth-order valence-electron chi connectivity index (χ4n) is 1.74. The van der Waals surface area contributed by atoms with Crippen LogP contribution in [0.25, 0.3) is 0 Å². The molecule has 0 aromatic heterocycles. The molecule has 0 aliphatic rings. The predicted molar refractivity (Wildman–Crippen MR) is 65.3 cm³/mol. The van der Waals surface area contributed by atoms with Gasteiger partial charge in [-0.05, 0) is 18.4 Å². The fraction of sp³-hybridized carbons (Fsp3) is 0.538. The van der Waals surface area contributed by atoms with Crippen LogP contribution in [-0.2, 0) is 0 Å². The lowest BCUT2D eigenvalue weighted by Gasteiger charge is -2.21. The second-order valence-electron chi connectivity index (χ2n) is 4.61. The van der Waals surface area contributed by atoms with Crippen LogP contribution < -0.4 is 10.5 Å². The van der Waals surface area contributed by atoms with Gasteiger partial charge in [-0.25, -0.2) is 4.39 Å². The highest BCUT2D eigenvalue weighted by Gasteiger charge is 2.21. The number of benzene rings is 1. The van der Waals surface area contributed by atoms with Gasteiger partial charge in [-0.1, -0.05) is 19.9 Å². The second kappa shape index (κ2) is 5.98. The molecule has 0 amide bonds. The number of hydrogen-bond donors (Lipinski definition) is 2. The van der Waals surface area contributed by atoms with Gasteiger partial charge in [0.25, 0.3) is 0 Å². The topological polar surface area (TPSA) is 55.5 Å². The van der Waals surface area contributed by atoms with E-state index in [1.54, 1.807) is 12.1 Å². The van der Waals surface area contributed by atoms with Crippen LogP contribution in [0.4, 0.5) is 4.39 Å². The molecular weight excluding hydrogens is 221 g/mol. The molecule has 0 bridgehead atoms. The Morgan fingerprint density at radius 1 is 1.41 bits per heavy atom.